The molecule has 0 saturated carbocycles. The first kappa shape index (κ1) is 19.9. The molecule has 1 unspecified atom stereocenters. The van der Waals surface area contributed by atoms with Gasteiger partial charge in [-0.2, -0.15) is 18.4 Å². The van der Waals surface area contributed by atoms with E-state index in [4.69, 9.17) is 16.9 Å². The molecular formula is C14H16ClF3N4O2S. The lowest BCUT2D eigenvalue weighted by Gasteiger charge is -2.35. The summed E-state index contributed by atoms with van der Waals surface area (Å²) in [6, 6.07) is 3.18. The van der Waals surface area contributed by atoms with Crippen molar-refractivity contribution in [2.45, 2.75) is 17.1 Å². The van der Waals surface area contributed by atoms with Gasteiger partial charge in [0, 0.05) is 32.7 Å². The molecule has 1 fully saturated rings. The summed E-state index contributed by atoms with van der Waals surface area (Å²) in [5, 5.41) is 11.9. The number of hydrogen-bond donors (Lipinski definition) is 2. The summed E-state index contributed by atoms with van der Waals surface area (Å²) < 4.78 is 66.4. The van der Waals surface area contributed by atoms with Gasteiger partial charge in [-0.25, -0.2) is 13.1 Å². The third-order valence-corrected chi connectivity index (χ3v) is 5.56. The molecule has 0 radical (unpaired) electrons. The van der Waals surface area contributed by atoms with Crippen LogP contribution in [0.1, 0.15) is 5.56 Å². The monoisotopic (exact) mass is 396 g/mol. The molecule has 1 heterocycles. The second-order valence-corrected chi connectivity index (χ2v) is 7.62. The van der Waals surface area contributed by atoms with Crippen molar-refractivity contribution in [1.82, 2.24) is 14.9 Å². The first-order chi connectivity index (χ1) is 11.6. The zero-order valence-electron chi connectivity index (χ0n) is 13.0. The largest absolute Gasteiger partial charge is 0.405 e. The number of hydrogen-bond acceptors (Lipinski definition) is 5. The summed E-state index contributed by atoms with van der Waals surface area (Å²) in [4.78, 5) is 0.886. The summed E-state index contributed by atoms with van der Waals surface area (Å²) in [7, 11) is -4.21. The Labute approximate surface area is 148 Å². The Morgan fingerprint density at radius 1 is 1.36 bits per heavy atom. The number of nitrogens with zero attached hydrogens (tertiary/aromatic N) is 2. The molecule has 25 heavy (non-hydrogen) atoms. The highest BCUT2D eigenvalue weighted by atomic mass is 35.5. The smallest absolute Gasteiger partial charge is 0.314 e. The van der Waals surface area contributed by atoms with Gasteiger partial charge in [-0.05, 0) is 18.2 Å². The Bertz CT molecular complexity index is 758. The van der Waals surface area contributed by atoms with Crippen molar-refractivity contribution < 1.29 is 21.6 Å². The van der Waals surface area contributed by atoms with E-state index in [2.05, 4.69) is 5.32 Å². The molecule has 0 aromatic heterocycles. The average molecular weight is 397 g/mol. The molecule has 1 aliphatic heterocycles. The van der Waals surface area contributed by atoms with Crippen molar-refractivity contribution in [3.05, 3.63) is 28.8 Å². The van der Waals surface area contributed by atoms with Crippen molar-refractivity contribution in [3.8, 4) is 6.07 Å². The maximum absolute atomic E-state index is 13.3. The zero-order valence-corrected chi connectivity index (χ0v) is 14.5. The average Bonchev–Trinajstić information content (AvgIpc) is 2.55. The third kappa shape index (κ3) is 5.05. The van der Waals surface area contributed by atoms with Crippen LogP contribution in [0.15, 0.2) is 23.1 Å². The van der Waals surface area contributed by atoms with Gasteiger partial charge in [0.2, 0.25) is 10.0 Å². The predicted molar refractivity (Wildman–Crippen MR) is 85.6 cm³/mol. The highest BCUT2D eigenvalue weighted by Gasteiger charge is 2.44. The van der Waals surface area contributed by atoms with Crippen LogP contribution in [0.5, 0.6) is 0 Å². The molecule has 1 aliphatic rings. The van der Waals surface area contributed by atoms with Crippen LogP contribution >= 0.6 is 11.6 Å². The molecule has 138 valence electrons. The maximum atomic E-state index is 13.3. The third-order valence-electron chi connectivity index (χ3n) is 3.81. The quantitative estimate of drug-likeness (QED) is 0.784. The van der Waals surface area contributed by atoms with E-state index in [0.29, 0.717) is 13.1 Å². The summed E-state index contributed by atoms with van der Waals surface area (Å²) >= 11 is 5.74. The van der Waals surface area contributed by atoms with Gasteiger partial charge >= 0.3 is 6.18 Å². The Hall–Kier alpha value is -1.38. The molecule has 2 N–H and O–H groups in total. The summed E-state index contributed by atoms with van der Waals surface area (Å²) in [5.74, 6) is 0. The molecule has 0 bridgehead atoms. The number of halogens is 4. The van der Waals surface area contributed by atoms with Crippen LogP contribution < -0.4 is 10.0 Å². The van der Waals surface area contributed by atoms with Crippen LogP contribution in [0, 0.1) is 11.3 Å². The second kappa shape index (κ2) is 7.88. The molecule has 1 atom stereocenters. The molecule has 1 aromatic carbocycles. The van der Waals surface area contributed by atoms with Crippen LogP contribution in [0.2, 0.25) is 5.02 Å². The van der Waals surface area contributed by atoms with Gasteiger partial charge in [0.1, 0.15) is 12.1 Å². The van der Waals surface area contributed by atoms with E-state index >= 15 is 0 Å². The SMILES string of the molecule is N#Cc1cc(S(=O)(=O)NCC(N2CCNCC2)C(F)(F)F)ccc1Cl. The Balaban J connectivity index is 2.17. The Morgan fingerprint density at radius 3 is 2.56 bits per heavy atom. The fourth-order valence-corrected chi connectivity index (χ4v) is 3.70. The molecule has 0 amide bonds. The highest BCUT2D eigenvalue weighted by Crippen LogP contribution is 2.25. The molecule has 6 nitrogen and oxygen atoms in total. The standard InChI is InChI=1S/C14H16ClF3N4O2S/c15-12-2-1-11(7-10(12)8-19)25(23,24)21-9-13(14(16,17)18)22-5-3-20-4-6-22/h1-2,7,13,20-21H,3-6,9H2. The topological polar surface area (TPSA) is 85.2 Å². The normalized spacial score (nSPS) is 17.9. The van der Waals surface area contributed by atoms with Gasteiger partial charge in [0.25, 0.3) is 0 Å². The zero-order chi connectivity index (χ0) is 18.7. The van der Waals surface area contributed by atoms with Gasteiger partial charge in [-0.15, -0.1) is 0 Å². The lowest BCUT2D eigenvalue weighted by Crippen LogP contribution is -2.57. The number of rotatable bonds is 5. The molecule has 11 heteroatoms. The van der Waals surface area contributed by atoms with Crippen molar-refractivity contribution in [3.63, 3.8) is 0 Å². The molecule has 1 aromatic rings. The number of nitrogens with one attached hydrogen (secondary N) is 2. The van der Waals surface area contributed by atoms with Crippen LogP contribution in [0.4, 0.5) is 13.2 Å². The predicted octanol–water partition coefficient (Wildman–Crippen LogP) is 1.33. The van der Waals surface area contributed by atoms with Gasteiger partial charge in [0.05, 0.1) is 15.5 Å². The van der Waals surface area contributed by atoms with Crippen LogP contribution in [0.3, 0.4) is 0 Å². The maximum Gasteiger partial charge on any atom is 0.405 e. The second-order valence-electron chi connectivity index (χ2n) is 5.45. The van der Waals surface area contributed by atoms with Crippen LogP contribution in [-0.2, 0) is 10.0 Å². The van der Waals surface area contributed by atoms with Crippen molar-refractivity contribution >= 4 is 21.6 Å². The molecule has 0 spiro atoms. The minimum absolute atomic E-state index is 0.0652. The van der Waals surface area contributed by atoms with Crippen molar-refractivity contribution in [2.24, 2.45) is 0 Å². The highest BCUT2D eigenvalue weighted by molar-refractivity contribution is 7.89. The molecule has 0 aliphatic carbocycles. The van der Waals surface area contributed by atoms with E-state index in [9.17, 15) is 21.6 Å². The minimum atomic E-state index is -4.57. The van der Waals surface area contributed by atoms with Crippen molar-refractivity contribution in [1.29, 1.82) is 5.26 Å². The van der Waals surface area contributed by atoms with Gasteiger partial charge in [0.15, 0.2) is 0 Å². The summed E-state index contributed by atoms with van der Waals surface area (Å²) in [6.45, 7) is 0.345. The summed E-state index contributed by atoms with van der Waals surface area (Å²) in [6.07, 6.45) is -4.57. The van der Waals surface area contributed by atoms with E-state index < -0.39 is 28.8 Å². The number of benzene rings is 1. The first-order valence-corrected chi connectivity index (χ1v) is 9.22. The molecular weight excluding hydrogens is 381 g/mol. The van der Waals surface area contributed by atoms with Crippen molar-refractivity contribution in [2.75, 3.05) is 32.7 Å². The van der Waals surface area contributed by atoms with E-state index in [1.54, 1.807) is 6.07 Å². The number of piperazine rings is 1. The number of sulfonamides is 1. The van der Waals surface area contributed by atoms with E-state index in [0.717, 1.165) is 12.1 Å². The van der Waals surface area contributed by atoms with Crippen LogP contribution in [-0.4, -0.2) is 58.3 Å². The fraction of sp³-hybridized carbons (Fsp3) is 0.500. The Morgan fingerprint density at radius 2 is 2.00 bits per heavy atom. The fourth-order valence-electron chi connectivity index (χ4n) is 2.47. The lowest BCUT2D eigenvalue weighted by molar-refractivity contribution is -0.182. The van der Waals surface area contributed by atoms with E-state index in [1.807, 2.05) is 4.72 Å². The number of nitriles is 1. The minimum Gasteiger partial charge on any atom is -0.314 e. The first-order valence-electron chi connectivity index (χ1n) is 7.36. The molecule has 1 saturated heterocycles. The number of alkyl halides is 3. The van der Waals surface area contributed by atoms with E-state index in [-0.39, 0.29) is 28.6 Å². The van der Waals surface area contributed by atoms with Gasteiger partial charge in [-0.3, -0.25) is 4.90 Å². The van der Waals surface area contributed by atoms with Gasteiger partial charge < -0.3 is 5.32 Å². The van der Waals surface area contributed by atoms with Crippen LogP contribution in [0.25, 0.3) is 0 Å². The van der Waals surface area contributed by atoms with E-state index in [1.165, 1.54) is 11.0 Å². The summed E-state index contributed by atoms with van der Waals surface area (Å²) in [5.41, 5.74) is -0.0704. The lowest BCUT2D eigenvalue weighted by atomic mass is 10.2. The molecule has 2 rings (SSSR count). The Kier molecular flexibility index (Phi) is 6.29. The van der Waals surface area contributed by atoms with Gasteiger partial charge in [-0.1, -0.05) is 11.6 Å².